The number of imide groups is 1. The number of rotatable bonds is 7. The van der Waals surface area contributed by atoms with Crippen molar-refractivity contribution < 1.29 is 14.4 Å². The van der Waals surface area contributed by atoms with E-state index in [0.29, 0.717) is 11.4 Å². The molecule has 0 bridgehead atoms. The van der Waals surface area contributed by atoms with Crippen LogP contribution in [0.15, 0.2) is 48.5 Å². The van der Waals surface area contributed by atoms with E-state index >= 15 is 0 Å². The molecule has 0 saturated carbocycles. The van der Waals surface area contributed by atoms with E-state index in [0.717, 1.165) is 24.9 Å². The van der Waals surface area contributed by atoms with Crippen LogP contribution in [0.4, 0.5) is 17.1 Å². The summed E-state index contributed by atoms with van der Waals surface area (Å²) in [6.45, 7) is 3.59. The van der Waals surface area contributed by atoms with E-state index in [1.807, 2.05) is 24.3 Å². The van der Waals surface area contributed by atoms with Crippen molar-refractivity contribution in [3.63, 3.8) is 0 Å². The molecule has 1 heterocycles. The average molecular weight is 379 g/mol. The number of aryl methyl sites for hydroxylation is 1. The number of unbranched alkanes of at least 4 members (excludes halogenated alkanes) is 1. The van der Waals surface area contributed by atoms with Crippen LogP contribution in [0.3, 0.4) is 0 Å². The second-order valence-electron chi connectivity index (χ2n) is 7.00. The zero-order valence-electron chi connectivity index (χ0n) is 16.2. The lowest BCUT2D eigenvalue weighted by atomic mass is 10.1. The molecule has 1 aliphatic heterocycles. The zero-order valence-corrected chi connectivity index (χ0v) is 16.2. The largest absolute Gasteiger partial charge is 0.373 e. The van der Waals surface area contributed by atoms with E-state index in [1.54, 1.807) is 24.3 Å². The molecule has 1 aliphatic rings. The summed E-state index contributed by atoms with van der Waals surface area (Å²) in [6.07, 6.45) is 3.36. The summed E-state index contributed by atoms with van der Waals surface area (Å²) < 4.78 is 0. The summed E-state index contributed by atoms with van der Waals surface area (Å²) in [6, 6.07) is 14.1. The Balaban J connectivity index is 1.67. The van der Waals surface area contributed by atoms with Crippen molar-refractivity contribution in [2.75, 3.05) is 15.5 Å². The number of amides is 3. The third-order valence-electron chi connectivity index (χ3n) is 4.71. The third kappa shape index (κ3) is 4.57. The number of hydrogen-bond donors (Lipinski definition) is 2. The lowest BCUT2D eigenvalue weighted by Crippen LogP contribution is -2.34. The predicted octanol–water partition coefficient (Wildman–Crippen LogP) is 3.73. The topological polar surface area (TPSA) is 78.5 Å². The van der Waals surface area contributed by atoms with Crippen molar-refractivity contribution in [2.45, 2.75) is 45.6 Å². The number of carbonyl (C=O) groups excluding carboxylic acids is 3. The van der Waals surface area contributed by atoms with Crippen LogP contribution in [0, 0.1) is 0 Å². The van der Waals surface area contributed by atoms with Crippen LogP contribution < -0.4 is 15.5 Å². The number of benzene rings is 2. The standard InChI is InChI=1S/C22H25N3O3/c1-3-4-5-16-6-12-19(13-7-16)25-21(27)14-20(22(25)28)24-18-10-8-17(9-11-18)23-15(2)26/h6-13,20,24H,3-5,14H2,1-2H3,(H,23,26)/t20-/m1/s1. The second-order valence-corrected chi connectivity index (χ2v) is 7.00. The van der Waals surface area contributed by atoms with Crippen molar-refractivity contribution in [1.29, 1.82) is 0 Å². The van der Waals surface area contributed by atoms with E-state index in [9.17, 15) is 14.4 Å². The molecule has 2 aromatic rings. The summed E-state index contributed by atoms with van der Waals surface area (Å²) in [5, 5.41) is 5.81. The Morgan fingerprint density at radius 3 is 2.29 bits per heavy atom. The molecule has 0 aliphatic carbocycles. The lowest BCUT2D eigenvalue weighted by molar-refractivity contribution is -0.121. The maximum Gasteiger partial charge on any atom is 0.256 e. The van der Waals surface area contributed by atoms with E-state index < -0.39 is 6.04 Å². The van der Waals surface area contributed by atoms with Gasteiger partial charge in [0, 0.05) is 18.3 Å². The van der Waals surface area contributed by atoms with E-state index in [-0.39, 0.29) is 24.1 Å². The first-order valence-electron chi connectivity index (χ1n) is 9.58. The van der Waals surface area contributed by atoms with Gasteiger partial charge < -0.3 is 10.6 Å². The molecule has 0 radical (unpaired) electrons. The fourth-order valence-corrected chi connectivity index (χ4v) is 3.26. The highest BCUT2D eigenvalue weighted by Gasteiger charge is 2.39. The first-order chi connectivity index (χ1) is 13.5. The van der Waals surface area contributed by atoms with E-state index in [4.69, 9.17) is 0 Å². The molecule has 3 rings (SSSR count). The molecule has 146 valence electrons. The lowest BCUT2D eigenvalue weighted by Gasteiger charge is -2.17. The third-order valence-corrected chi connectivity index (χ3v) is 4.71. The molecule has 3 amide bonds. The number of hydrogen-bond acceptors (Lipinski definition) is 4. The monoisotopic (exact) mass is 379 g/mol. The first kappa shape index (κ1) is 19.6. The first-order valence-corrected chi connectivity index (χ1v) is 9.58. The molecule has 2 aromatic carbocycles. The van der Waals surface area contributed by atoms with Crippen LogP contribution >= 0.6 is 0 Å². The molecule has 6 nitrogen and oxygen atoms in total. The van der Waals surface area contributed by atoms with Gasteiger partial charge in [0.2, 0.25) is 11.8 Å². The Bertz CT molecular complexity index is 860. The van der Waals surface area contributed by atoms with Crippen LogP contribution in [0.2, 0.25) is 0 Å². The highest BCUT2D eigenvalue weighted by molar-refractivity contribution is 6.23. The molecule has 28 heavy (non-hydrogen) atoms. The van der Waals surface area contributed by atoms with Gasteiger partial charge in [-0.15, -0.1) is 0 Å². The van der Waals surface area contributed by atoms with Crippen molar-refractivity contribution >= 4 is 34.8 Å². The Hall–Kier alpha value is -3.15. The fourth-order valence-electron chi connectivity index (χ4n) is 3.26. The molecule has 0 unspecified atom stereocenters. The zero-order chi connectivity index (χ0) is 20.1. The van der Waals surface area contributed by atoms with Crippen molar-refractivity contribution in [3.05, 3.63) is 54.1 Å². The van der Waals surface area contributed by atoms with Crippen molar-refractivity contribution in [1.82, 2.24) is 0 Å². The molecule has 2 N–H and O–H groups in total. The van der Waals surface area contributed by atoms with Gasteiger partial charge in [-0.2, -0.15) is 0 Å². The summed E-state index contributed by atoms with van der Waals surface area (Å²) in [5.41, 5.74) is 3.22. The smallest absolute Gasteiger partial charge is 0.256 e. The average Bonchev–Trinajstić information content (AvgIpc) is 2.95. The highest BCUT2D eigenvalue weighted by atomic mass is 16.2. The van der Waals surface area contributed by atoms with Crippen LogP contribution in [-0.2, 0) is 20.8 Å². The Morgan fingerprint density at radius 1 is 1.04 bits per heavy atom. The van der Waals surface area contributed by atoms with Gasteiger partial charge in [-0.25, -0.2) is 4.90 Å². The number of nitrogens with one attached hydrogen (secondary N) is 2. The normalized spacial score (nSPS) is 16.4. The van der Waals surface area contributed by atoms with Gasteiger partial charge in [-0.3, -0.25) is 14.4 Å². The number of carbonyl (C=O) groups is 3. The highest BCUT2D eigenvalue weighted by Crippen LogP contribution is 2.26. The summed E-state index contributed by atoms with van der Waals surface area (Å²) in [5.74, 6) is -0.607. The quantitative estimate of drug-likeness (QED) is 0.719. The van der Waals surface area contributed by atoms with Gasteiger partial charge in [-0.1, -0.05) is 25.5 Å². The van der Waals surface area contributed by atoms with Crippen LogP contribution in [-0.4, -0.2) is 23.8 Å². The molecule has 0 spiro atoms. The van der Waals surface area contributed by atoms with E-state index in [1.165, 1.54) is 17.4 Å². The van der Waals surface area contributed by atoms with Gasteiger partial charge in [0.15, 0.2) is 0 Å². The Morgan fingerprint density at radius 2 is 1.68 bits per heavy atom. The van der Waals surface area contributed by atoms with Gasteiger partial charge in [0.05, 0.1) is 12.1 Å². The van der Waals surface area contributed by atoms with Gasteiger partial charge in [-0.05, 0) is 54.8 Å². The Labute approximate surface area is 164 Å². The predicted molar refractivity (Wildman–Crippen MR) is 110 cm³/mol. The molecular weight excluding hydrogens is 354 g/mol. The fraction of sp³-hybridized carbons (Fsp3) is 0.318. The van der Waals surface area contributed by atoms with Gasteiger partial charge >= 0.3 is 0 Å². The SMILES string of the molecule is CCCCc1ccc(N2C(=O)C[C@@H](Nc3ccc(NC(C)=O)cc3)C2=O)cc1. The number of nitrogens with zero attached hydrogens (tertiary/aromatic N) is 1. The van der Waals surface area contributed by atoms with Crippen LogP contribution in [0.5, 0.6) is 0 Å². The molecule has 1 saturated heterocycles. The molecular formula is C22H25N3O3. The van der Waals surface area contributed by atoms with Crippen molar-refractivity contribution in [2.24, 2.45) is 0 Å². The molecule has 0 aromatic heterocycles. The number of anilines is 3. The van der Waals surface area contributed by atoms with Crippen LogP contribution in [0.1, 0.15) is 38.7 Å². The van der Waals surface area contributed by atoms with E-state index in [2.05, 4.69) is 17.6 Å². The summed E-state index contributed by atoms with van der Waals surface area (Å²) in [4.78, 5) is 37.6. The molecule has 6 heteroatoms. The van der Waals surface area contributed by atoms with Crippen LogP contribution in [0.25, 0.3) is 0 Å². The maximum atomic E-state index is 12.8. The minimum atomic E-state index is -0.598. The summed E-state index contributed by atoms with van der Waals surface area (Å²) >= 11 is 0. The van der Waals surface area contributed by atoms with Gasteiger partial charge in [0.25, 0.3) is 5.91 Å². The Kier molecular flexibility index (Phi) is 6.09. The molecule has 1 atom stereocenters. The second kappa shape index (κ2) is 8.69. The van der Waals surface area contributed by atoms with Crippen molar-refractivity contribution in [3.8, 4) is 0 Å². The van der Waals surface area contributed by atoms with Gasteiger partial charge in [0.1, 0.15) is 6.04 Å². The summed E-state index contributed by atoms with van der Waals surface area (Å²) in [7, 11) is 0. The molecule has 1 fully saturated rings. The minimum Gasteiger partial charge on any atom is -0.373 e. The minimum absolute atomic E-state index is 0.115. The maximum absolute atomic E-state index is 12.8.